The minimum atomic E-state index is -1.04. The summed E-state index contributed by atoms with van der Waals surface area (Å²) in [7, 11) is 1.37. The van der Waals surface area contributed by atoms with E-state index in [1.54, 1.807) is 6.07 Å². The van der Waals surface area contributed by atoms with Gasteiger partial charge in [-0.25, -0.2) is 9.18 Å². The molecule has 0 amide bonds. The fourth-order valence-corrected chi connectivity index (χ4v) is 2.91. The Bertz CT molecular complexity index is 1130. The number of carboxylic acids is 1. The summed E-state index contributed by atoms with van der Waals surface area (Å²) in [6, 6.07) is 14.5. The van der Waals surface area contributed by atoms with Crippen molar-refractivity contribution in [2.45, 2.75) is 0 Å². The molecule has 3 N–H and O–H groups in total. The first kappa shape index (κ1) is 19.3. The molecular weight excluding hydrogens is 381 g/mol. The summed E-state index contributed by atoms with van der Waals surface area (Å²) in [6.45, 7) is 0. The number of aromatic carboxylic acids is 1. The molecule has 0 radical (unpaired) electrons. The van der Waals surface area contributed by atoms with Gasteiger partial charge in [0.2, 0.25) is 0 Å². The molecule has 28 heavy (non-hydrogen) atoms. The number of methoxy groups -OCH3 is 1. The molecule has 0 bridgehead atoms. The molecule has 3 rings (SSSR count). The summed E-state index contributed by atoms with van der Waals surface area (Å²) in [5.74, 6) is 4.38. The smallest absolute Gasteiger partial charge is 0.335 e. The number of hydrogen-bond donors (Lipinski definition) is 2. The third-order valence-corrected chi connectivity index (χ3v) is 4.37. The van der Waals surface area contributed by atoms with Crippen molar-refractivity contribution < 1.29 is 19.0 Å². The van der Waals surface area contributed by atoms with Crippen molar-refractivity contribution in [3.63, 3.8) is 0 Å². The van der Waals surface area contributed by atoms with Crippen LogP contribution in [0.2, 0.25) is 5.02 Å². The van der Waals surface area contributed by atoms with Gasteiger partial charge in [0, 0.05) is 28.3 Å². The summed E-state index contributed by atoms with van der Waals surface area (Å²) in [5, 5.41) is 9.38. The number of rotatable bonds is 3. The molecule has 0 aliphatic rings. The third-order valence-electron chi connectivity index (χ3n) is 4.06. The van der Waals surface area contributed by atoms with E-state index in [2.05, 4.69) is 11.8 Å². The van der Waals surface area contributed by atoms with Crippen molar-refractivity contribution >= 4 is 23.3 Å². The second-order valence-corrected chi connectivity index (χ2v) is 6.31. The summed E-state index contributed by atoms with van der Waals surface area (Å²) < 4.78 is 18.6. The zero-order valence-corrected chi connectivity index (χ0v) is 15.5. The number of hydrogen-bond acceptors (Lipinski definition) is 3. The second kappa shape index (κ2) is 8.03. The van der Waals surface area contributed by atoms with E-state index in [1.165, 1.54) is 31.4 Å². The first-order valence-corrected chi connectivity index (χ1v) is 8.55. The quantitative estimate of drug-likeness (QED) is 0.492. The average Bonchev–Trinajstić information content (AvgIpc) is 2.67. The molecule has 0 aliphatic carbocycles. The normalized spacial score (nSPS) is 10.1. The maximum absolute atomic E-state index is 13.6. The maximum atomic E-state index is 13.6. The molecule has 0 aromatic heterocycles. The highest BCUT2D eigenvalue weighted by atomic mass is 35.5. The number of benzene rings is 3. The van der Waals surface area contributed by atoms with Crippen LogP contribution in [0.5, 0.6) is 5.75 Å². The monoisotopic (exact) mass is 395 g/mol. The fraction of sp³-hybridized carbons (Fsp3) is 0.0455. The van der Waals surface area contributed by atoms with E-state index in [0.717, 1.165) is 5.56 Å². The van der Waals surface area contributed by atoms with Crippen molar-refractivity contribution in [1.82, 2.24) is 0 Å². The van der Waals surface area contributed by atoms with Crippen molar-refractivity contribution in [1.29, 1.82) is 0 Å². The van der Waals surface area contributed by atoms with E-state index >= 15 is 0 Å². The summed E-state index contributed by atoms with van der Waals surface area (Å²) in [5.41, 5.74) is 8.79. The number of ether oxygens (including phenoxy) is 1. The summed E-state index contributed by atoms with van der Waals surface area (Å²) >= 11 is 6.24. The van der Waals surface area contributed by atoms with Crippen LogP contribution in [-0.2, 0) is 0 Å². The third kappa shape index (κ3) is 4.08. The topological polar surface area (TPSA) is 72.5 Å². The van der Waals surface area contributed by atoms with Gasteiger partial charge >= 0.3 is 5.97 Å². The SMILES string of the molecule is COc1cc(C#Cc2cccc(-c3ccc(C(=O)O)cc3Cl)c2)c(N)cc1F. The van der Waals surface area contributed by atoms with Crippen LogP contribution in [0.1, 0.15) is 21.5 Å². The number of carbonyl (C=O) groups is 1. The molecule has 0 aliphatic heterocycles. The summed E-state index contributed by atoms with van der Waals surface area (Å²) in [6.07, 6.45) is 0. The largest absolute Gasteiger partial charge is 0.494 e. The van der Waals surface area contributed by atoms with Gasteiger partial charge in [-0.05, 0) is 29.8 Å². The molecular formula is C22H15ClFNO3. The minimum absolute atomic E-state index is 0.0672. The highest BCUT2D eigenvalue weighted by Crippen LogP contribution is 2.29. The van der Waals surface area contributed by atoms with Gasteiger partial charge in [0.15, 0.2) is 11.6 Å². The van der Waals surface area contributed by atoms with Crippen molar-refractivity contribution in [2.24, 2.45) is 0 Å². The Hall–Kier alpha value is -3.49. The van der Waals surface area contributed by atoms with E-state index in [-0.39, 0.29) is 17.0 Å². The molecule has 140 valence electrons. The first-order valence-electron chi connectivity index (χ1n) is 8.17. The Morgan fingerprint density at radius 2 is 1.93 bits per heavy atom. The number of halogens is 2. The van der Waals surface area contributed by atoms with Gasteiger partial charge in [0.1, 0.15) is 0 Å². The molecule has 0 heterocycles. The molecule has 0 fully saturated rings. The molecule has 3 aromatic carbocycles. The minimum Gasteiger partial charge on any atom is -0.494 e. The van der Waals surface area contributed by atoms with Crippen LogP contribution in [0.25, 0.3) is 11.1 Å². The number of anilines is 1. The van der Waals surface area contributed by atoms with Crippen molar-refractivity contribution in [3.8, 4) is 28.7 Å². The van der Waals surface area contributed by atoms with Crippen LogP contribution in [0, 0.1) is 17.7 Å². The number of nitrogen functional groups attached to an aromatic ring is 1. The number of nitrogens with two attached hydrogens (primary N) is 1. The van der Waals surface area contributed by atoms with Gasteiger partial charge in [-0.3, -0.25) is 0 Å². The van der Waals surface area contributed by atoms with Crippen LogP contribution in [0.15, 0.2) is 54.6 Å². The van der Waals surface area contributed by atoms with Crippen molar-refractivity contribution in [2.75, 3.05) is 12.8 Å². The first-order chi connectivity index (χ1) is 13.4. The molecule has 6 heteroatoms. The lowest BCUT2D eigenvalue weighted by Crippen LogP contribution is -1.96. The van der Waals surface area contributed by atoms with E-state index < -0.39 is 11.8 Å². The standard InChI is InChI=1S/C22H15ClFNO3/c1-28-21-11-15(20(25)12-19(21)24)6-5-13-3-2-4-14(9-13)17-8-7-16(22(26)27)10-18(17)23/h2-4,7-12H,25H2,1H3,(H,26,27). The van der Waals surface area contributed by atoms with E-state index in [4.69, 9.17) is 27.2 Å². The highest BCUT2D eigenvalue weighted by Gasteiger charge is 2.09. The lowest BCUT2D eigenvalue weighted by molar-refractivity contribution is 0.0697. The van der Waals surface area contributed by atoms with E-state index in [0.29, 0.717) is 21.7 Å². The predicted octanol–water partition coefficient (Wildman–Crippen LogP) is 4.83. The van der Waals surface area contributed by atoms with E-state index in [1.807, 2.05) is 24.3 Å². The lowest BCUT2D eigenvalue weighted by atomic mass is 10.0. The Balaban J connectivity index is 1.96. The Morgan fingerprint density at radius 1 is 1.14 bits per heavy atom. The van der Waals surface area contributed by atoms with Crippen molar-refractivity contribution in [3.05, 3.63) is 82.1 Å². The number of carboxylic acid groups (broad SMARTS) is 1. The van der Waals surface area contributed by atoms with Gasteiger partial charge in [0.05, 0.1) is 23.9 Å². The average molecular weight is 396 g/mol. The van der Waals surface area contributed by atoms with Gasteiger partial charge in [-0.2, -0.15) is 0 Å². The molecule has 0 saturated carbocycles. The molecule has 3 aromatic rings. The van der Waals surface area contributed by atoms with Gasteiger partial charge < -0.3 is 15.6 Å². The van der Waals surface area contributed by atoms with Gasteiger partial charge in [-0.1, -0.05) is 41.6 Å². The second-order valence-electron chi connectivity index (χ2n) is 5.90. The van der Waals surface area contributed by atoms with Gasteiger partial charge in [-0.15, -0.1) is 0 Å². The van der Waals surface area contributed by atoms with Crippen LogP contribution in [0.3, 0.4) is 0 Å². The molecule has 0 unspecified atom stereocenters. The zero-order valence-electron chi connectivity index (χ0n) is 14.8. The van der Waals surface area contributed by atoms with Crippen LogP contribution in [0.4, 0.5) is 10.1 Å². The highest BCUT2D eigenvalue weighted by molar-refractivity contribution is 6.33. The Labute approximate surface area is 166 Å². The van der Waals surface area contributed by atoms with Crippen LogP contribution in [-0.4, -0.2) is 18.2 Å². The predicted molar refractivity (Wildman–Crippen MR) is 107 cm³/mol. The zero-order chi connectivity index (χ0) is 20.3. The lowest BCUT2D eigenvalue weighted by Gasteiger charge is -2.06. The fourth-order valence-electron chi connectivity index (χ4n) is 2.62. The Morgan fingerprint density at radius 3 is 2.61 bits per heavy atom. The van der Waals surface area contributed by atoms with Gasteiger partial charge in [0.25, 0.3) is 0 Å². The molecule has 0 saturated heterocycles. The van der Waals surface area contributed by atoms with E-state index in [9.17, 15) is 9.18 Å². The maximum Gasteiger partial charge on any atom is 0.335 e. The molecule has 0 spiro atoms. The van der Waals surface area contributed by atoms with Crippen LogP contribution < -0.4 is 10.5 Å². The molecule has 0 atom stereocenters. The summed E-state index contributed by atoms with van der Waals surface area (Å²) in [4.78, 5) is 11.0. The molecule has 4 nitrogen and oxygen atoms in total. The Kier molecular flexibility index (Phi) is 5.53. The van der Waals surface area contributed by atoms with Crippen LogP contribution >= 0.6 is 11.6 Å².